The number of likely N-dealkylation sites (N-methyl/N-ethyl adjacent to an activating group) is 1. The van der Waals surface area contributed by atoms with E-state index in [4.69, 9.17) is 17.3 Å². The minimum atomic E-state index is -0.486. The Hall–Kier alpha value is -1.20. The third kappa shape index (κ3) is 3.94. The van der Waals surface area contributed by atoms with Crippen molar-refractivity contribution in [2.45, 2.75) is 26.4 Å². The highest BCUT2D eigenvalue weighted by molar-refractivity contribution is 6.29. The van der Waals surface area contributed by atoms with Crippen LogP contribution in [0.25, 0.3) is 0 Å². The second-order valence-corrected chi connectivity index (χ2v) is 4.70. The maximum absolute atomic E-state index is 11.9. The lowest BCUT2D eigenvalue weighted by molar-refractivity contribution is -0.132. The minimum Gasteiger partial charge on any atom is -0.338 e. The zero-order valence-corrected chi connectivity index (χ0v) is 11.0. The van der Waals surface area contributed by atoms with Crippen LogP contribution in [0, 0.1) is 5.92 Å². The highest BCUT2D eigenvalue weighted by Gasteiger charge is 2.21. The van der Waals surface area contributed by atoms with E-state index in [1.165, 1.54) is 0 Å². The van der Waals surface area contributed by atoms with Crippen molar-refractivity contribution < 1.29 is 4.79 Å². The van der Waals surface area contributed by atoms with Crippen molar-refractivity contribution in [1.29, 1.82) is 0 Å². The van der Waals surface area contributed by atoms with Crippen LogP contribution in [0.2, 0.25) is 5.15 Å². The fourth-order valence-corrected chi connectivity index (χ4v) is 1.39. The average Bonchev–Trinajstić information content (AvgIpc) is 2.30. The first-order valence-electron chi connectivity index (χ1n) is 5.40. The molecule has 1 atom stereocenters. The second-order valence-electron chi connectivity index (χ2n) is 4.31. The van der Waals surface area contributed by atoms with Crippen LogP contribution in [0.1, 0.15) is 19.5 Å². The van der Waals surface area contributed by atoms with Crippen molar-refractivity contribution in [3.05, 3.63) is 23.0 Å². The molecule has 0 radical (unpaired) electrons. The first-order valence-corrected chi connectivity index (χ1v) is 5.78. The molecule has 2 N–H and O–H groups in total. The maximum Gasteiger partial charge on any atom is 0.239 e. The Labute approximate surface area is 106 Å². The molecule has 0 aromatic carbocycles. The van der Waals surface area contributed by atoms with Crippen molar-refractivity contribution in [1.82, 2.24) is 15.1 Å². The number of nitrogens with zero attached hydrogens (tertiary/aromatic N) is 3. The predicted octanol–water partition coefficient (Wildman–Crippen LogP) is 1.07. The van der Waals surface area contributed by atoms with E-state index in [1.54, 1.807) is 24.1 Å². The summed E-state index contributed by atoms with van der Waals surface area (Å²) in [5.74, 6) is 0.0120. The summed E-state index contributed by atoms with van der Waals surface area (Å²) in [6, 6.07) is 2.89. The molecule has 0 saturated heterocycles. The highest BCUT2D eigenvalue weighted by Crippen LogP contribution is 2.07. The summed E-state index contributed by atoms with van der Waals surface area (Å²) in [7, 11) is 1.70. The van der Waals surface area contributed by atoms with Crippen molar-refractivity contribution >= 4 is 17.5 Å². The van der Waals surface area contributed by atoms with Gasteiger partial charge in [0, 0.05) is 7.05 Å². The number of hydrogen-bond acceptors (Lipinski definition) is 4. The molecule has 1 aromatic rings. The lowest BCUT2D eigenvalue weighted by atomic mass is 10.0. The van der Waals surface area contributed by atoms with Crippen LogP contribution in [-0.4, -0.2) is 34.1 Å². The largest absolute Gasteiger partial charge is 0.338 e. The number of carbonyl (C=O) groups is 1. The van der Waals surface area contributed by atoms with Crippen molar-refractivity contribution in [2.24, 2.45) is 11.7 Å². The summed E-state index contributed by atoms with van der Waals surface area (Å²) >= 11 is 5.63. The summed E-state index contributed by atoms with van der Waals surface area (Å²) < 4.78 is 0. The minimum absolute atomic E-state index is 0.100. The molecule has 0 bridgehead atoms. The lowest BCUT2D eigenvalue weighted by Crippen LogP contribution is -2.44. The summed E-state index contributed by atoms with van der Waals surface area (Å²) in [4.78, 5) is 13.4. The summed E-state index contributed by atoms with van der Waals surface area (Å²) in [5.41, 5.74) is 6.47. The molecule has 0 aliphatic carbocycles. The fraction of sp³-hybridized carbons (Fsp3) is 0.545. The molecule has 1 amide bonds. The number of aromatic nitrogens is 2. The number of carbonyl (C=O) groups excluding carboxylic acids is 1. The molecule has 0 saturated carbocycles. The van der Waals surface area contributed by atoms with Crippen LogP contribution in [0.15, 0.2) is 12.1 Å². The van der Waals surface area contributed by atoms with E-state index in [1.807, 2.05) is 13.8 Å². The van der Waals surface area contributed by atoms with E-state index >= 15 is 0 Å². The van der Waals surface area contributed by atoms with Gasteiger partial charge in [0.15, 0.2) is 5.15 Å². The SMILES string of the molecule is CC(C)[C@H](N)C(=O)N(C)Cc1ccc(Cl)nn1. The molecule has 17 heavy (non-hydrogen) atoms. The van der Waals surface area contributed by atoms with Gasteiger partial charge in [-0.15, -0.1) is 5.10 Å². The number of halogens is 1. The van der Waals surface area contributed by atoms with Crippen molar-refractivity contribution in [3.8, 4) is 0 Å². The standard InChI is InChI=1S/C11H17ClN4O/c1-7(2)10(13)11(17)16(3)6-8-4-5-9(12)15-14-8/h4-5,7,10H,6,13H2,1-3H3/t10-/m0/s1. The predicted molar refractivity (Wildman–Crippen MR) is 66.3 cm³/mol. The van der Waals surface area contributed by atoms with E-state index in [2.05, 4.69) is 10.2 Å². The Kier molecular flexibility index (Phi) is 4.84. The summed E-state index contributed by atoms with van der Waals surface area (Å²) in [6.07, 6.45) is 0. The van der Waals surface area contributed by atoms with E-state index < -0.39 is 6.04 Å². The molecular weight excluding hydrogens is 240 g/mol. The number of nitrogens with two attached hydrogens (primary N) is 1. The third-order valence-electron chi connectivity index (χ3n) is 2.47. The average molecular weight is 257 g/mol. The van der Waals surface area contributed by atoms with Gasteiger partial charge in [-0.1, -0.05) is 25.4 Å². The van der Waals surface area contributed by atoms with Crippen LogP contribution in [0.3, 0.4) is 0 Å². The Morgan fingerprint density at radius 3 is 2.59 bits per heavy atom. The van der Waals surface area contributed by atoms with Gasteiger partial charge in [-0.05, 0) is 18.1 Å². The maximum atomic E-state index is 11.9. The fourth-order valence-electron chi connectivity index (χ4n) is 1.29. The van der Waals surface area contributed by atoms with Gasteiger partial charge in [0.25, 0.3) is 0 Å². The van der Waals surface area contributed by atoms with Crippen LogP contribution in [-0.2, 0) is 11.3 Å². The van der Waals surface area contributed by atoms with Gasteiger partial charge in [0.1, 0.15) is 0 Å². The summed E-state index contributed by atoms with van der Waals surface area (Å²) in [5, 5.41) is 7.94. The van der Waals surface area contributed by atoms with Gasteiger partial charge < -0.3 is 10.6 Å². The molecule has 1 aromatic heterocycles. The van der Waals surface area contributed by atoms with Crippen molar-refractivity contribution in [3.63, 3.8) is 0 Å². The highest BCUT2D eigenvalue weighted by atomic mass is 35.5. The first kappa shape index (κ1) is 13.9. The molecular formula is C11H17ClN4O. The van der Waals surface area contributed by atoms with E-state index in [9.17, 15) is 4.79 Å². The molecule has 1 heterocycles. The molecule has 0 spiro atoms. The quantitative estimate of drug-likeness (QED) is 0.875. The second kappa shape index (κ2) is 5.93. The van der Waals surface area contributed by atoms with Crippen LogP contribution in [0.4, 0.5) is 0 Å². The number of amides is 1. The van der Waals surface area contributed by atoms with Gasteiger partial charge >= 0.3 is 0 Å². The normalized spacial score (nSPS) is 12.6. The van der Waals surface area contributed by atoms with Crippen LogP contribution >= 0.6 is 11.6 Å². The monoisotopic (exact) mass is 256 g/mol. The molecule has 0 aliphatic heterocycles. The smallest absolute Gasteiger partial charge is 0.239 e. The molecule has 6 heteroatoms. The molecule has 94 valence electrons. The van der Waals surface area contributed by atoms with E-state index in [0.717, 1.165) is 0 Å². The molecule has 5 nitrogen and oxygen atoms in total. The molecule has 1 rings (SSSR count). The topological polar surface area (TPSA) is 72.1 Å². The van der Waals surface area contributed by atoms with Crippen molar-refractivity contribution in [2.75, 3.05) is 7.05 Å². The third-order valence-corrected chi connectivity index (χ3v) is 2.67. The molecule has 0 fully saturated rings. The first-order chi connectivity index (χ1) is 7.91. The van der Waals surface area contributed by atoms with Gasteiger partial charge in [-0.3, -0.25) is 4.79 Å². The Balaban J connectivity index is 2.63. The Bertz CT molecular complexity index is 380. The van der Waals surface area contributed by atoms with Gasteiger partial charge in [-0.2, -0.15) is 5.10 Å². The molecule has 0 aliphatic rings. The zero-order chi connectivity index (χ0) is 13.0. The van der Waals surface area contributed by atoms with E-state index in [0.29, 0.717) is 17.4 Å². The van der Waals surface area contributed by atoms with Gasteiger partial charge in [-0.25, -0.2) is 0 Å². The van der Waals surface area contributed by atoms with Crippen LogP contribution in [0.5, 0.6) is 0 Å². The zero-order valence-electron chi connectivity index (χ0n) is 10.2. The Morgan fingerprint density at radius 1 is 1.47 bits per heavy atom. The van der Waals surface area contributed by atoms with Gasteiger partial charge in [0.2, 0.25) is 5.91 Å². The lowest BCUT2D eigenvalue weighted by Gasteiger charge is -2.22. The Morgan fingerprint density at radius 2 is 2.12 bits per heavy atom. The molecule has 0 unspecified atom stereocenters. The van der Waals surface area contributed by atoms with E-state index in [-0.39, 0.29) is 11.8 Å². The van der Waals surface area contributed by atoms with Gasteiger partial charge in [0.05, 0.1) is 18.3 Å². The van der Waals surface area contributed by atoms with Crippen LogP contribution < -0.4 is 5.73 Å². The number of rotatable bonds is 4. The summed E-state index contributed by atoms with van der Waals surface area (Å²) in [6.45, 7) is 4.21. The number of hydrogen-bond donors (Lipinski definition) is 1.